The van der Waals surface area contributed by atoms with Gasteiger partial charge >= 0.3 is 0 Å². The summed E-state index contributed by atoms with van der Waals surface area (Å²) in [6.07, 6.45) is 0.934. The molecule has 3 heteroatoms. The van der Waals surface area contributed by atoms with Crippen LogP contribution in [0.2, 0.25) is 0 Å². The van der Waals surface area contributed by atoms with Gasteiger partial charge in [0.25, 0.3) is 0 Å². The van der Waals surface area contributed by atoms with Gasteiger partial charge < -0.3 is 5.73 Å². The quantitative estimate of drug-likeness (QED) is 0.684. The zero-order chi connectivity index (χ0) is 10.8. The molecule has 1 heterocycles. The van der Waals surface area contributed by atoms with Crippen molar-refractivity contribution in [2.24, 2.45) is 11.0 Å². The Hall–Kier alpha value is -1.77. The minimum atomic E-state index is 0.405. The van der Waals surface area contributed by atoms with E-state index in [2.05, 4.69) is 24.0 Å². The van der Waals surface area contributed by atoms with E-state index in [9.17, 15) is 0 Å². The van der Waals surface area contributed by atoms with E-state index < -0.39 is 0 Å². The maximum absolute atomic E-state index is 5.64. The zero-order valence-corrected chi connectivity index (χ0v) is 8.83. The molecule has 3 nitrogen and oxygen atoms in total. The summed E-state index contributed by atoms with van der Waals surface area (Å²) in [6, 6.07) is 7.79. The number of nitrogens with zero attached hydrogens (tertiary/aromatic N) is 1. The fourth-order valence-electron chi connectivity index (χ4n) is 1.76. The maximum Gasteiger partial charge on any atom is 0.0711 e. The number of hydrogen-bond acceptors (Lipinski definition) is 3. The first-order valence-electron chi connectivity index (χ1n) is 5.04. The molecule has 0 radical (unpaired) electrons. The van der Waals surface area contributed by atoms with Crippen molar-refractivity contribution in [1.29, 1.82) is 0 Å². The van der Waals surface area contributed by atoms with Crippen LogP contribution in [0.1, 0.15) is 18.9 Å². The number of nitrogens with one attached hydrogen (secondary N) is 1. The van der Waals surface area contributed by atoms with Crippen molar-refractivity contribution < 1.29 is 0 Å². The van der Waals surface area contributed by atoms with Crippen molar-refractivity contribution >= 4 is 11.4 Å². The highest BCUT2D eigenvalue weighted by molar-refractivity contribution is 6.02. The number of benzene rings is 1. The van der Waals surface area contributed by atoms with Crippen LogP contribution in [0.4, 0.5) is 5.69 Å². The van der Waals surface area contributed by atoms with Crippen LogP contribution >= 0.6 is 0 Å². The molecule has 1 aromatic carbocycles. The number of hydrazone groups is 1. The monoisotopic (exact) mass is 201 g/mol. The second-order valence-electron chi connectivity index (χ2n) is 3.94. The predicted octanol–water partition coefficient (Wildman–Crippen LogP) is 2.12. The fraction of sp³-hybridized carbons (Fsp3) is 0.250. The van der Waals surface area contributed by atoms with Gasteiger partial charge in [0.1, 0.15) is 0 Å². The molecule has 1 aliphatic rings. The highest BCUT2D eigenvalue weighted by Crippen LogP contribution is 2.20. The Bertz CT molecular complexity index is 403. The normalized spacial score (nSPS) is 20.7. The van der Waals surface area contributed by atoms with E-state index in [0.29, 0.717) is 5.92 Å². The molecule has 0 aliphatic carbocycles. The minimum Gasteiger partial charge on any atom is -0.399 e. The Morgan fingerprint density at radius 2 is 2.07 bits per heavy atom. The number of allylic oxidation sites excluding steroid dienone is 1. The van der Waals surface area contributed by atoms with Gasteiger partial charge in [0.05, 0.1) is 5.71 Å². The van der Waals surface area contributed by atoms with Crippen LogP contribution in [0, 0.1) is 5.92 Å². The highest BCUT2D eigenvalue weighted by Gasteiger charge is 2.18. The molecule has 0 amide bonds. The predicted molar refractivity (Wildman–Crippen MR) is 63.4 cm³/mol. The van der Waals surface area contributed by atoms with E-state index in [1.807, 2.05) is 24.3 Å². The molecule has 78 valence electrons. The summed E-state index contributed by atoms with van der Waals surface area (Å²) in [6.45, 7) is 6.02. The largest absolute Gasteiger partial charge is 0.399 e. The van der Waals surface area contributed by atoms with Crippen LogP contribution < -0.4 is 11.2 Å². The van der Waals surface area contributed by atoms with Crippen LogP contribution in [-0.4, -0.2) is 5.71 Å². The molecule has 0 saturated carbocycles. The summed E-state index contributed by atoms with van der Waals surface area (Å²) < 4.78 is 0. The molecule has 1 aliphatic heterocycles. The molecule has 1 unspecified atom stereocenters. The third-order valence-electron chi connectivity index (χ3n) is 2.56. The van der Waals surface area contributed by atoms with Gasteiger partial charge in [-0.15, -0.1) is 0 Å². The molecule has 1 aromatic rings. The van der Waals surface area contributed by atoms with Crippen LogP contribution in [0.25, 0.3) is 0 Å². The van der Waals surface area contributed by atoms with Gasteiger partial charge in [-0.05, 0) is 24.1 Å². The van der Waals surface area contributed by atoms with Crippen molar-refractivity contribution in [2.75, 3.05) is 5.73 Å². The molecule has 0 aromatic heterocycles. The Balaban J connectivity index is 2.31. The van der Waals surface area contributed by atoms with Gasteiger partial charge in [0.2, 0.25) is 0 Å². The average molecular weight is 201 g/mol. The number of nitrogens with two attached hydrogens (primary N) is 1. The summed E-state index contributed by atoms with van der Waals surface area (Å²) >= 11 is 0. The van der Waals surface area contributed by atoms with Crippen LogP contribution in [0.5, 0.6) is 0 Å². The maximum atomic E-state index is 5.64. The molecule has 15 heavy (non-hydrogen) atoms. The minimum absolute atomic E-state index is 0.405. The smallest absolute Gasteiger partial charge is 0.0711 e. The molecular weight excluding hydrogens is 186 g/mol. The molecule has 1 atom stereocenters. The van der Waals surface area contributed by atoms with Crippen molar-refractivity contribution in [1.82, 2.24) is 5.43 Å². The highest BCUT2D eigenvalue weighted by atomic mass is 15.3. The Kier molecular flexibility index (Phi) is 2.46. The first kappa shape index (κ1) is 9.77. The summed E-state index contributed by atoms with van der Waals surface area (Å²) in [5, 5.41) is 4.32. The van der Waals surface area contributed by atoms with Crippen molar-refractivity contribution in [3.8, 4) is 0 Å². The first-order chi connectivity index (χ1) is 7.16. The van der Waals surface area contributed by atoms with E-state index in [4.69, 9.17) is 5.73 Å². The average Bonchev–Trinajstić information content (AvgIpc) is 2.20. The van der Waals surface area contributed by atoms with Crippen molar-refractivity contribution in [3.63, 3.8) is 0 Å². The molecule has 0 fully saturated rings. The first-order valence-corrected chi connectivity index (χ1v) is 5.04. The SMILES string of the molecule is C=C1CC(C)C(c2ccc(N)cc2)=NN1. The number of rotatable bonds is 1. The van der Waals surface area contributed by atoms with Gasteiger partial charge in [0, 0.05) is 17.3 Å². The molecular formula is C12H15N3. The summed E-state index contributed by atoms with van der Waals surface area (Å²) in [4.78, 5) is 0. The third-order valence-corrected chi connectivity index (χ3v) is 2.56. The molecule has 0 bridgehead atoms. The second-order valence-corrected chi connectivity index (χ2v) is 3.94. The van der Waals surface area contributed by atoms with E-state index in [0.717, 1.165) is 29.1 Å². The lowest BCUT2D eigenvalue weighted by atomic mass is 9.93. The lowest BCUT2D eigenvalue weighted by molar-refractivity contribution is 0.653. The Morgan fingerprint density at radius 3 is 2.67 bits per heavy atom. The lowest BCUT2D eigenvalue weighted by Gasteiger charge is -2.21. The van der Waals surface area contributed by atoms with E-state index in [1.165, 1.54) is 0 Å². The van der Waals surface area contributed by atoms with Crippen molar-refractivity contribution in [3.05, 3.63) is 42.1 Å². The Labute approximate surface area is 89.7 Å². The standard InChI is InChI=1S/C12H15N3/c1-8-7-9(2)14-15-12(8)10-3-5-11(13)6-4-10/h3-6,8,14H,2,7,13H2,1H3. The van der Waals surface area contributed by atoms with Gasteiger partial charge in [-0.25, -0.2) is 0 Å². The molecule has 0 spiro atoms. The number of hydrogen-bond donors (Lipinski definition) is 2. The van der Waals surface area contributed by atoms with Crippen LogP contribution in [-0.2, 0) is 0 Å². The summed E-state index contributed by atoms with van der Waals surface area (Å²) in [5.74, 6) is 0.405. The van der Waals surface area contributed by atoms with Gasteiger partial charge in [-0.3, -0.25) is 5.43 Å². The fourth-order valence-corrected chi connectivity index (χ4v) is 1.76. The molecule has 0 saturated heterocycles. The zero-order valence-electron chi connectivity index (χ0n) is 8.83. The Morgan fingerprint density at radius 1 is 1.40 bits per heavy atom. The van der Waals surface area contributed by atoms with Crippen LogP contribution in [0.15, 0.2) is 41.6 Å². The number of nitrogen functional groups attached to an aromatic ring is 1. The van der Waals surface area contributed by atoms with E-state index >= 15 is 0 Å². The lowest BCUT2D eigenvalue weighted by Crippen LogP contribution is -2.25. The van der Waals surface area contributed by atoms with Gasteiger partial charge in [-0.2, -0.15) is 5.10 Å². The van der Waals surface area contributed by atoms with Gasteiger partial charge in [-0.1, -0.05) is 25.6 Å². The third kappa shape index (κ3) is 2.01. The number of anilines is 1. The molecule has 3 N–H and O–H groups in total. The van der Waals surface area contributed by atoms with E-state index in [1.54, 1.807) is 0 Å². The molecule has 2 rings (SSSR count). The summed E-state index contributed by atoms with van der Waals surface area (Å²) in [7, 11) is 0. The van der Waals surface area contributed by atoms with Crippen LogP contribution in [0.3, 0.4) is 0 Å². The van der Waals surface area contributed by atoms with E-state index in [-0.39, 0.29) is 0 Å². The topological polar surface area (TPSA) is 50.4 Å². The summed E-state index contributed by atoms with van der Waals surface area (Å²) in [5.41, 5.74) is 12.5. The van der Waals surface area contributed by atoms with Gasteiger partial charge in [0.15, 0.2) is 0 Å². The van der Waals surface area contributed by atoms with Crippen molar-refractivity contribution in [2.45, 2.75) is 13.3 Å². The second kappa shape index (κ2) is 3.77.